The Balaban J connectivity index is 1.98. The zero-order valence-corrected chi connectivity index (χ0v) is 12.4. The van der Waals surface area contributed by atoms with Gasteiger partial charge in [-0.15, -0.1) is 0 Å². The van der Waals surface area contributed by atoms with E-state index in [0.717, 1.165) is 24.9 Å². The zero-order chi connectivity index (χ0) is 14.6. The fourth-order valence-electron chi connectivity index (χ4n) is 2.35. The smallest absolute Gasteiger partial charge is 0.240 e. The molecule has 1 saturated heterocycles. The summed E-state index contributed by atoms with van der Waals surface area (Å²) in [5.74, 6) is 0.627. The van der Waals surface area contributed by atoms with Gasteiger partial charge in [-0.05, 0) is 46.2 Å². The zero-order valence-electron chi connectivity index (χ0n) is 12.4. The van der Waals surface area contributed by atoms with Gasteiger partial charge >= 0.3 is 0 Å². The van der Waals surface area contributed by atoms with Crippen LogP contribution in [0.3, 0.4) is 0 Å². The fourth-order valence-corrected chi connectivity index (χ4v) is 2.35. The van der Waals surface area contributed by atoms with Crippen LogP contribution in [0.1, 0.15) is 39.2 Å². The lowest BCUT2D eigenvalue weighted by Gasteiger charge is -2.23. The maximum atomic E-state index is 12.2. The molecule has 1 atom stereocenters. The molecule has 0 spiro atoms. The van der Waals surface area contributed by atoms with Gasteiger partial charge in [-0.2, -0.15) is 0 Å². The number of carbonyl (C=O) groups is 1. The van der Waals surface area contributed by atoms with E-state index in [2.05, 4.69) is 15.6 Å². The van der Waals surface area contributed by atoms with E-state index < -0.39 is 5.54 Å². The molecule has 2 N–H and O–H groups in total. The van der Waals surface area contributed by atoms with Gasteiger partial charge in [0.2, 0.25) is 11.8 Å². The summed E-state index contributed by atoms with van der Waals surface area (Å²) < 4.78 is 5.65. The second-order valence-electron chi connectivity index (χ2n) is 5.68. The largest absolute Gasteiger partial charge is 0.475 e. The number of hydrogen-bond donors (Lipinski definition) is 2. The summed E-state index contributed by atoms with van der Waals surface area (Å²) in [5.41, 5.74) is 0.456. The van der Waals surface area contributed by atoms with E-state index in [-0.39, 0.29) is 12.0 Å². The second-order valence-corrected chi connectivity index (χ2v) is 5.68. The molecule has 2 rings (SSSR count). The van der Waals surface area contributed by atoms with Crippen LogP contribution in [0.25, 0.3) is 0 Å². The van der Waals surface area contributed by atoms with Gasteiger partial charge in [0.1, 0.15) is 0 Å². The van der Waals surface area contributed by atoms with Crippen LogP contribution in [0.4, 0.5) is 0 Å². The van der Waals surface area contributed by atoms with Crippen molar-refractivity contribution in [2.45, 2.75) is 51.8 Å². The standard InChI is InChI=1S/C15H23N3O2/c1-11(2)20-13-12(6-4-8-16-13)10-17-14(19)15(3)7-5-9-18-15/h4,6,8,11,18H,5,7,9-10H2,1-3H3,(H,17,19). The summed E-state index contributed by atoms with van der Waals surface area (Å²) in [4.78, 5) is 16.5. The third-order valence-corrected chi connectivity index (χ3v) is 3.51. The molecule has 1 aromatic heterocycles. The molecule has 110 valence electrons. The number of amides is 1. The van der Waals surface area contributed by atoms with Gasteiger partial charge in [-0.3, -0.25) is 4.79 Å². The highest BCUT2D eigenvalue weighted by Gasteiger charge is 2.35. The molecule has 2 heterocycles. The molecule has 1 unspecified atom stereocenters. The highest BCUT2D eigenvalue weighted by Crippen LogP contribution is 2.20. The van der Waals surface area contributed by atoms with Crippen LogP contribution < -0.4 is 15.4 Å². The first kappa shape index (κ1) is 14.8. The van der Waals surface area contributed by atoms with Crippen molar-refractivity contribution < 1.29 is 9.53 Å². The number of hydrogen-bond acceptors (Lipinski definition) is 4. The van der Waals surface area contributed by atoms with Gasteiger partial charge in [0.25, 0.3) is 0 Å². The van der Waals surface area contributed by atoms with Crippen LogP contribution in [-0.2, 0) is 11.3 Å². The number of ether oxygens (including phenoxy) is 1. The minimum atomic E-state index is -0.443. The number of rotatable bonds is 5. The van der Waals surface area contributed by atoms with Gasteiger partial charge in [0.05, 0.1) is 11.6 Å². The predicted molar refractivity (Wildman–Crippen MR) is 77.5 cm³/mol. The topological polar surface area (TPSA) is 63.2 Å². The van der Waals surface area contributed by atoms with Gasteiger partial charge in [-0.1, -0.05) is 6.07 Å². The van der Waals surface area contributed by atoms with Crippen molar-refractivity contribution in [3.05, 3.63) is 23.9 Å². The number of nitrogens with one attached hydrogen (secondary N) is 2. The van der Waals surface area contributed by atoms with Gasteiger partial charge in [0.15, 0.2) is 0 Å². The molecule has 5 heteroatoms. The maximum absolute atomic E-state index is 12.2. The molecular formula is C15H23N3O2. The summed E-state index contributed by atoms with van der Waals surface area (Å²) in [6.45, 7) is 7.20. The Morgan fingerprint density at radius 3 is 3.05 bits per heavy atom. The molecule has 5 nitrogen and oxygen atoms in total. The Labute approximate surface area is 120 Å². The van der Waals surface area contributed by atoms with Crippen molar-refractivity contribution in [3.63, 3.8) is 0 Å². The number of nitrogens with zero attached hydrogens (tertiary/aromatic N) is 1. The summed E-state index contributed by atoms with van der Waals surface area (Å²) in [6, 6.07) is 3.78. The number of pyridine rings is 1. The molecule has 1 aliphatic rings. The quantitative estimate of drug-likeness (QED) is 0.858. The molecule has 0 radical (unpaired) electrons. The molecule has 0 saturated carbocycles. The summed E-state index contributed by atoms with van der Waals surface area (Å²) in [7, 11) is 0. The third-order valence-electron chi connectivity index (χ3n) is 3.51. The van der Waals surface area contributed by atoms with Crippen molar-refractivity contribution in [1.82, 2.24) is 15.6 Å². The average molecular weight is 277 g/mol. The molecule has 0 aromatic carbocycles. The van der Waals surface area contributed by atoms with E-state index in [1.807, 2.05) is 32.9 Å². The Morgan fingerprint density at radius 1 is 1.60 bits per heavy atom. The van der Waals surface area contributed by atoms with Gasteiger partial charge in [-0.25, -0.2) is 4.98 Å². The van der Waals surface area contributed by atoms with Crippen molar-refractivity contribution in [2.75, 3.05) is 6.54 Å². The van der Waals surface area contributed by atoms with Crippen molar-refractivity contribution in [2.24, 2.45) is 0 Å². The van der Waals surface area contributed by atoms with Gasteiger partial charge in [0, 0.05) is 18.3 Å². The molecule has 1 aromatic rings. The van der Waals surface area contributed by atoms with E-state index in [1.165, 1.54) is 0 Å². The van der Waals surface area contributed by atoms with E-state index in [9.17, 15) is 4.79 Å². The van der Waals surface area contributed by atoms with Crippen molar-refractivity contribution in [3.8, 4) is 5.88 Å². The number of aromatic nitrogens is 1. The maximum Gasteiger partial charge on any atom is 0.240 e. The molecule has 20 heavy (non-hydrogen) atoms. The Hall–Kier alpha value is -1.62. The van der Waals surface area contributed by atoms with Crippen LogP contribution in [-0.4, -0.2) is 29.1 Å². The first-order valence-electron chi connectivity index (χ1n) is 7.15. The Kier molecular flexibility index (Phi) is 4.60. The van der Waals surface area contributed by atoms with E-state index in [4.69, 9.17) is 4.74 Å². The third kappa shape index (κ3) is 3.48. The van der Waals surface area contributed by atoms with Crippen LogP contribution in [0.2, 0.25) is 0 Å². The van der Waals surface area contributed by atoms with E-state index in [0.29, 0.717) is 12.4 Å². The monoisotopic (exact) mass is 277 g/mol. The summed E-state index contributed by atoms with van der Waals surface area (Å²) in [5, 5.41) is 6.23. The molecule has 1 amide bonds. The highest BCUT2D eigenvalue weighted by atomic mass is 16.5. The predicted octanol–water partition coefficient (Wildman–Crippen LogP) is 1.63. The van der Waals surface area contributed by atoms with Gasteiger partial charge < -0.3 is 15.4 Å². The lowest BCUT2D eigenvalue weighted by Crippen LogP contribution is -2.50. The molecule has 1 fully saturated rings. The van der Waals surface area contributed by atoms with Crippen LogP contribution in [0.15, 0.2) is 18.3 Å². The van der Waals surface area contributed by atoms with Crippen LogP contribution >= 0.6 is 0 Å². The van der Waals surface area contributed by atoms with Crippen molar-refractivity contribution in [1.29, 1.82) is 0 Å². The van der Waals surface area contributed by atoms with Crippen LogP contribution in [0, 0.1) is 0 Å². The lowest BCUT2D eigenvalue weighted by molar-refractivity contribution is -0.126. The Bertz CT molecular complexity index is 468. The normalized spacial score (nSPS) is 22.0. The lowest BCUT2D eigenvalue weighted by atomic mass is 9.99. The molecular weight excluding hydrogens is 254 g/mol. The van der Waals surface area contributed by atoms with Crippen molar-refractivity contribution >= 4 is 5.91 Å². The highest BCUT2D eigenvalue weighted by molar-refractivity contribution is 5.86. The SMILES string of the molecule is CC(C)Oc1ncccc1CNC(=O)C1(C)CCCN1. The first-order valence-corrected chi connectivity index (χ1v) is 7.15. The average Bonchev–Trinajstić information content (AvgIpc) is 2.85. The fraction of sp³-hybridized carbons (Fsp3) is 0.600. The minimum absolute atomic E-state index is 0.0364. The van der Waals surface area contributed by atoms with E-state index >= 15 is 0 Å². The number of carbonyl (C=O) groups excluding carboxylic acids is 1. The Morgan fingerprint density at radius 2 is 2.40 bits per heavy atom. The minimum Gasteiger partial charge on any atom is -0.475 e. The van der Waals surface area contributed by atoms with Crippen LogP contribution in [0.5, 0.6) is 5.88 Å². The first-order chi connectivity index (χ1) is 9.51. The second kappa shape index (κ2) is 6.22. The molecule has 1 aliphatic heterocycles. The summed E-state index contributed by atoms with van der Waals surface area (Å²) in [6.07, 6.45) is 3.68. The van der Waals surface area contributed by atoms with E-state index in [1.54, 1.807) is 6.20 Å². The molecule has 0 aliphatic carbocycles. The summed E-state index contributed by atoms with van der Waals surface area (Å²) >= 11 is 0. The molecule has 0 bridgehead atoms.